The molecule has 0 unspecified atom stereocenters. The smallest absolute Gasteiger partial charge is 0.172 e. The quantitative estimate of drug-likeness (QED) is 0.798. The van der Waals surface area contributed by atoms with Crippen LogP contribution in [-0.4, -0.2) is 24.1 Å². The van der Waals surface area contributed by atoms with Crippen molar-refractivity contribution in [2.24, 2.45) is 5.92 Å². The second-order valence-corrected chi connectivity index (χ2v) is 4.03. The van der Waals surface area contributed by atoms with Gasteiger partial charge in [-0.25, -0.2) is 0 Å². The average molecular weight is 222 g/mol. The molecule has 0 saturated heterocycles. The molecule has 1 aromatic rings. The SMILES string of the molecule is CC(C)C(=O)COc1ccc(CCO)cc1. The molecule has 0 aromatic heterocycles. The molecule has 0 spiro atoms. The van der Waals surface area contributed by atoms with Crippen molar-refractivity contribution in [1.29, 1.82) is 0 Å². The highest BCUT2D eigenvalue weighted by Gasteiger charge is 2.07. The third kappa shape index (κ3) is 4.03. The van der Waals surface area contributed by atoms with E-state index in [0.29, 0.717) is 12.2 Å². The zero-order chi connectivity index (χ0) is 12.0. The lowest BCUT2D eigenvalue weighted by Gasteiger charge is -2.07. The monoisotopic (exact) mass is 222 g/mol. The Bertz CT molecular complexity index is 328. The number of hydrogen-bond acceptors (Lipinski definition) is 3. The number of rotatable bonds is 6. The highest BCUT2D eigenvalue weighted by molar-refractivity contribution is 5.81. The number of Topliss-reactive ketones (excluding diaryl/α,β-unsaturated/α-hetero) is 1. The van der Waals surface area contributed by atoms with Gasteiger partial charge in [0.05, 0.1) is 0 Å². The highest BCUT2D eigenvalue weighted by Crippen LogP contribution is 2.12. The second kappa shape index (κ2) is 6.28. The molecule has 0 fully saturated rings. The molecular weight excluding hydrogens is 204 g/mol. The highest BCUT2D eigenvalue weighted by atomic mass is 16.5. The standard InChI is InChI=1S/C13H18O3/c1-10(2)13(15)9-16-12-5-3-11(4-6-12)7-8-14/h3-6,10,14H,7-9H2,1-2H3. The van der Waals surface area contributed by atoms with E-state index < -0.39 is 0 Å². The van der Waals surface area contributed by atoms with Gasteiger partial charge in [0.2, 0.25) is 0 Å². The fourth-order valence-electron chi connectivity index (χ4n) is 1.20. The molecule has 1 aromatic carbocycles. The summed E-state index contributed by atoms with van der Waals surface area (Å²) < 4.78 is 5.35. The summed E-state index contributed by atoms with van der Waals surface area (Å²) in [5.74, 6) is 0.795. The Morgan fingerprint density at radius 3 is 2.44 bits per heavy atom. The van der Waals surface area contributed by atoms with Crippen LogP contribution in [0.1, 0.15) is 19.4 Å². The second-order valence-electron chi connectivity index (χ2n) is 4.03. The maximum Gasteiger partial charge on any atom is 0.172 e. The molecule has 0 bridgehead atoms. The van der Waals surface area contributed by atoms with Crippen molar-refractivity contribution in [2.75, 3.05) is 13.2 Å². The van der Waals surface area contributed by atoms with Gasteiger partial charge >= 0.3 is 0 Å². The van der Waals surface area contributed by atoms with E-state index in [4.69, 9.17) is 9.84 Å². The van der Waals surface area contributed by atoms with Gasteiger partial charge in [-0.3, -0.25) is 4.79 Å². The molecule has 1 N–H and O–H groups in total. The van der Waals surface area contributed by atoms with Gasteiger partial charge in [-0.05, 0) is 24.1 Å². The fourth-order valence-corrected chi connectivity index (χ4v) is 1.20. The zero-order valence-electron chi connectivity index (χ0n) is 9.77. The summed E-state index contributed by atoms with van der Waals surface area (Å²) in [6, 6.07) is 7.42. The van der Waals surface area contributed by atoms with E-state index in [1.54, 1.807) is 0 Å². The van der Waals surface area contributed by atoms with E-state index >= 15 is 0 Å². The van der Waals surface area contributed by atoms with Crippen molar-refractivity contribution in [3.05, 3.63) is 29.8 Å². The number of carbonyl (C=O) groups excluding carboxylic acids is 1. The number of carbonyl (C=O) groups is 1. The predicted octanol–water partition coefficient (Wildman–Crippen LogP) is 1.83. The first-order valence-corrected chi connectivity index (χ1v) is 5.49. The average Bonchev–Trinajstić information content (AvgIpc) is 2.28. The van der Waals surface area contributed by atoms with Crippen molar-refractivity contribution in [1.82, 2.24) is 0 Å². The first-order valence-electron chi connectivity index (χ1n) is 5.49. The lowest BCUT2D eigenvalue weighted by molar-refractivity contribution is -0.123. The Labute approximate surface area is 96.1 Å². The van der Waals surface area contributed by atoms with Crippen LogP contribution in [-0.2, 0) is 11.2 Å². The summed E-state index contributed by atoms with van der Waals surface area (Å²) in [5, 5.41) is 8.75. The summed E-state index contributed by atoms with van der Waals surface area (Å²) in [5.41, 5.74) is 1.06. The summed E-state index contributed by atoms with van der Waals surface area (Å²) in [4.78, 5) is 11.3. The lowest BCUT2D eigenvalue weighted by atomic mass is 10.1. The van der Waals surface area contributed by atoms with Crippen LogP contribution < -0.4 is 4.74 Å². The molecule has 0 saturated carbocycles. The van der Waals surface area contributed by atoms with E-state index in [2.05, 4.69) is 0 Å². The van der Waals surface area contributed by atoms with E-state index in [1.807, 2.05) is 38.1 Å². The Morgan fingerprint density at radius 2 is 1.94 bits per heavy atom. The predicted molar refractivity (Wildman–Crippen MR) is 62.6 cm³/mol. The first-order chi connectivity index (χ1) is 7.63. The normalized spacial score (nSPS) is 10.5. The Hall–Kier alpha value is -1.35. The number of aliphatic hydroxyl groups excluding tert-OH is 1. The summed E-state index contributed by atoms with van der Waals surface area (Å²) >= 11 is 0. The molecule has 0 aliphatic rings. The molecule has 0 aliphatic heterocycles. The zero-order valence-corrected chi connectivity index (χ0v) is 9.77. The molecule has 16 heavy (non-hydrogen) atoms. The van der Waals surface area contributed by atoms with Crippen LogP contribution in [0.25, 0.3) is 0 Å². The Kier molecular flexibility index (Phi) is 4.99. The van der Waals surface area contributed by atoms with Gasteiger partial charge < -0.3 is 9.84 Å². The largest absolute Gasteiger partial charge is 0.486 e. The molecule has 0 amide bonds. The van der Waals surface area contributed by atoms with Crippen molar-refractivity contribution >= 4 is 5.78 Å². The molecular formula is C13H18O3. The van der Waals surface area contributed by atoms with Crippen LogP contribution in [0.5, 0.6) is 5.75 Å². The van der Waals surface area contributed by atoms with Crippen LogP contribution in [0.3, 0.4) is 0 Å². The van der Waals surface area contributed by atoms with Crippen molar-refractivity contribution in [3.8, 4) is 5.75 Å². The topological polar surface area (TPSA) is 46.5 Å². The van der Waals surface area contributed by atoms with Gasteiger partial charge in [-0.1, -0.05) is 26.0 Å². The molecule has 0 atom stereocenters. The third-order valence-electron chi connectivity index (χ3n) is 2.35. The van der Waals surface area contributed by atoms with E-state index in [9.17, 15) is 4.79 Å². The minimum absolute atomic E-state index is 0.00802. The summed E-state index contributed by atoms with van der Waals surface area (Å²) in [6.07, 6.45) is 0.644. The minimum atomic E-state index is 0.00802. The number of aliphatic hydroxyl groups is 1. The lowest BCUT2D eigenvalue weighted by Crippen LogP contribution is -2.16. The van der Waals surface area contributed by atoms with E-state index in [-0.39, 0.29) is 24.9 Å². The molecule has 3 nitrogen and oxygen atoms in total. The van der Waals surface area contributed by atoms with Gasteiger partial charge in [-0.15, -0.1) is 0 Å². The van der Waals surface area contributed by atoms with Crippen molar-refractivity contribution < 1.29 is 14.6 Å². The molecule has 0 aliphatic carbocycles. The third-order valence-corrected chi connectivity index (χ3v) is 2.35. The van der Waals surface area contributed by atoms with Crippen LogP contribution in [0.4, 0.5) is 0 Å². The van der Waals surface area contributed by atoms with Crippen LogP contribution in [0.2, 0.25) is 0 Å². The van der Waals surface area contributed by atoms with Crippen LogP contribution in [0, 0.1) is 5.92 Å². The minimum Gasteiger partial charge on any atom is -0.486 e. The van der Waals surface area contributed by atoms with Gasteiger partial charge in [0, 0.05) is 12.5 Å². The van der Waals surface area contributed by atoms with Crippen LogP contribution >= 0.6 is 0 Å². The van der Waals surface area contributed by atoms with Gasteiger partial charge in [0.1, 0.15) is 12.4 Å². The van der Waals surface area contributed by atoms with E-state index in [0.717, 1.165) is 5.56 Å². The number of benzene rings is 1. The molecule has 3 heteroatoms. The maximum absolute atomic E-state index is 11.3. The Morgan fingerprint density at radius 1 is 1.31 bits per heavy atom. The van der Waals surface area contributed by atoms with Gasteiger partial charge in [0.25, 0.3) is 0 Å². The van der Waals surface area contributed by atoms with E-state index in [1.165, 1.54) is 0 Å². The van der Waals surface area contributed by atoms with Crippen molar-refractivity contribution in [2.45, 2.75) is 20.3 Å². The number of hydrogen-bond donors (Lipinski definition) is 1. The molecule has 88 valence electrons. The fraction of sp³-hybridized carbons (Fsp3) is 0.462. The Balaban J connectivity index is 2.46. The number of ether oxygens (including phenoxy) is 1. The van der Waals surface area contributed by atoms with Crippen molar-refractivity contribution in [3.63, 3.8) is 0 Å². The summed E-state index contributed by atoms with van der Waals surface area (Å²) in [6.45, 7) is 3.98. The molecule has 0 heterocycles. The van der Waals surface area contributed by atoms with Gasteiger partial charge in [0.15, 0.2) is 5.78 Å². The maximum atomic E-state index is 11.3. The summed E-state index contributed by atoms with van der Waals surface area (Å²) in [7, 11) is 0. The van der Waals surface area contributed by atoms with Crippen LogP contribution in [0.15, 0.2) is 24.3 Å². The van der Waals surface area contributed by atoms with Gasteiger partial charge in [-0.2, -0.15) is 0 Å². The molecule has 0 radical (unpaired) electrons. The number of ketones is 1. The first kappa shape index (κ1) is 12.7. The molecule has 1 rings (SSSR count).